The number of rotatable bonds is 7. The summed E-state index contributed by atoms with van der Waals surface area (Å²) in [6, 6.07) is 9.25. The SMILES string of the molecule is CCCc1ccc(OCCNC2CCCCC2)cc1. The Morgan fingerprint density at radius 3 is 2.53 bits per heavy atom. The highest BCUT2D eigenvalue weighted by Gasteiger charge is 2.11. The van der Waals surface area contributed by atoms with Gasteiger partial charge in [0.1, 0.15) is 12.4 Å². The van der Waals surface area contributed by atoms with Crippen molar-refractivity contribution in [2.45, 2.75) is 57.9 Å². The molecule has 2 heteroatoms. The predicted molar refractivity (Wildman–Crippen MR) is 80.8 cm³/mol. The van der Waals surface area contributed by atoms with Gasteiger partial charge in [0.05, 0.1) is 0 Å². The third-order valence-electron chi connectivity index (χ3n) is 3.87. The first-order valence-electron chi connectivity index (χ1n) is 7.83. The molecule has 0 aromatic heterocycles. The van der Waals surface area contributed by atoms with Crippen molar-refractivity contribution >= 4 is 0 Å². The van der Waals surface area contributed by atoms with Gasteiger partial charge in [-0.2, -0.15) is 0 Å². The topological polar surface area (TPSA) is 21.3 Å². The van der Waals surface area contributed by atoms with E-state index in [1.807, 2.05) is 0 Å². The second-order valence-corrected chi connectivity index (χ2v) is 5.53. The van der Waals surface area contributed by atoms with Crippen molar-refractivity contribution < 1.29 is 4.74 Å². The van der Waals surface area contributed by atoms with Crippen molar-refractivity contribution in [2.24, 2.45) is 0 Å². The Balaban J connectivity index is 1.62. The third-order valence-corrected chi connectivity index (χ3v) is 3.87. The van der Waals surface area contributed by atoms with Crippen LogP contribution in [0.4, 0.5) is 0 Å². The van der Waals surface area contributed by atoms with Gasteiger partial charge in [0.25, 0.3) is 0 Å². The van der Waals surface area contributed by atoms with Crippen molar-refractivity contribution in [3.8, 4) is 5.75 Å². The molecule has 1 N–H and O–H groups in total. The molecule has 1 aromatic carbocycles. The molecule has 0 saturated heterocycles. The highest BCUT2D eigenvalue weighted by atomic mass is 16.5. The van der Waals surface area contributed by atoms with E-state index in [4.69, 9.17) is 4.74 Å². The number of hydrogen-bond donors (Lipinski definition) is 1. The Morgan fingerprint density at radius 1 is 1.11 bits per heavy atom. The molecule has 0 heterocycles. The maximum atomic E-state index is 5.77. The first-order chi connectivity index (χ1) is 9.38. The summed E-state index contributed by atoms with van der Waals surface area (Å²) in [5.41, 5.74) is 1.40. The molecule has 1 fully saturated rings. The zero-order valence-corrected chi connectivity index (χ0v) is 12.2. The number of benzene rings is 1. The van der Waals surface area contributed by atoms with E-state index in [0.29, 0.717) is 0 Å². The van der Waals surface area contributed by atoms with E-state index in [1.54, 1.807) is 0 Å². The molecule has 1 saturated carbocycles. The van der Waals surface area contributed by atoms with E-state index in [0.717, 1.165) is 31.4 Å². The Bertz CT molecular complexity index is 341. The zero-order chi connectivity index (χ0) is 13.3. The summed E-state index contributed by atoms with van der Waals surface area (Å²) in [5.74, 6) is 0.991. The summed E-state index contributed by atoms with van der Waals surface area (Å²) in [6.45, 7) is 3.94. The standard InChI is InChI=1S/C17H27NO/c1-2-6-15-9-11-17(12-10-15)19-14-13-18-16-7-4-3-5-8-16/h9-12,16,18H,2-8,13-14H2,1H3. The van der Waals surface area contributed by atoms with Crippen LogP contribution in [0.3, 0.4) is 0 Å². The lowest BCUT2D eigenvalue weighted by Crippen LogP contribution is -2.34. The van der Waals surface area contributed by atoms with Crippen molar-refractivity contribution in [3.05, 3.63) is 29.8 Å². The average Bonchev–Trinajstić information content (AvgIpc) is 2.47. The van der Waals surface area contributed by atoms with Gasteiger partial charge in [0, 0.05) is 12.6 Å². The summed E-state index contributed by atoms with van der Waals surface area (Å²) >= 11 is 0. The van der Waals surface area contributed by atoms with E-state index in [2.05, 4.69) is 36.5 Å². The fourth-order valence-corrected chi connectivity index (χ4v) is 2.78. The Labute approximate surface area is 117 Å². The predicted octanol–water partition coefficient (Wildman–Crippen LogP) is 3.94. The molecule has 1 aromatic rings. The van der Waals surface area contributed by atoms with Crippen LogP contribution in [0, 0.1) is 0 Å². The van der Waals surface area contributed by atoms with Crippen molar-refractivity contribution in [2.75, 3.05) is 13.2 Å². The largest absolute Gasteiger partial charge is 0.492 e. The fourth-order valence-electron chi connectivity index (χ4n) is 2.78. The van der Waals surface area contributed by atoms with Crippen LogP contribution < -0.4 is 10.1 Å². The molecule has 0 atom stereocenters. The van der Waals surface area contributed by atoms with E-state index in [9.17, 15) is 0 Å². The van der Waals surface area contributed by atoms with Gasteiger partial charge >= 0.3 is 0 Å². The van der Waals surface area contributed by atoms with Crippen molar-refractivity contribution in [3.63, 3.8) is 0 Å². The molecule has 1 aliphatic rings. The summed E-state index contributed by atoms with van der Waals surface area (Å²) in [7, 11) is 0. The first-order valence-corrected chi connectivity index (χ1v) is 7.83. The minimum Gasteiger partial charge on any atom is -0.492 e. The molecular formula is C17H27NO. The molecular weight excluding hydrogens is 234 g/mol. The molecule has 2 nitrogen and oxygen atoms in total. The maximum absolute atomic E-state index is 5.77. The Kier molecular flexibility index (Phi) is 6.22. The lowest BCUT2D eigenvalue weighted by atomic mass is 9.96. The van der Waals surface area contributed by atoms with Gasteiger partial charge < -0.3 is 10.1 Å². The van der Waals surface area contributed by atoms with Gasteiger partial charge in [-0.3, -0.25) is 0 Å². The molecule has 2 rings (SSSR count). The lowest BCUT2D eigenvalue weighted by Gasteiger charge is -2.22. The van der Waals surface area contributed by atoms with Crippen LogP contribution in [0.5, 0.6) is 5.75 Å². The summed E-state index contributed by atoms with van der Waals surface area (Å²) in [5, 5.41) is 3.60. The Morgan fingerprint density at radius 2 is 1.84 bits per heavy atom. The van der Waals surface area contributed by atoms with Gasteiger partial charge in [-0.25, -0.2) is 0 Å². The van der Waals surface area contributed by atoms with Crippen LogP contribution in [0.25, 0.3) is 0 Å². The van der Waals surface area contributed by atoms with Crippen LogP contribution in [0.2, 0.25) is 0 Å². The van der Waals surface area contributed by atoms with Crippen LogP contribution in [-0.2, 0) is 6.42 Å². The van der Waals surface area contributed by atoms with Gasteiger partial charge in [-0.15, -0.1) is 0 Å². The quantitative estimate of drug-likeness (QED) is 0.751. The smallest absolute Gasteiger partial charge is 0.119 e. The zero-order valence-electron chi connectivity index (χ0n) is 12.2. The minimum absolute atomic E-state index is 0.726. The second-order valence-electron chi connectivity index (χ2n) is 5.53. The van der Waals surface area contributed by atoms with Gasteiger partial charge in [-0.05, 0) is 37.0 Å². The van der Waals surface area contributed by atoms with Crippen LogP contribution in [0.1, 0.15) is 51.0 Å². The average molecular weight is 261 g/mol. The normalized spacial score (nSPS) is 16.5. The second kappa shape index (κ2) is 8.21. The summed E-state index contributed by atoms with van der Waals surface area (Å²) < 4.78 is 5.77. The van der Waals surface area contributed by atoms with Crippen LogP contribution in [-0.4, -0.2) is 19.2 Å². The van der Waals surface area contributed by atoms with E-state index < -0.39 is 0 Å². The van der Waals surface area contributed by atoms with Crippen LogP contribution >= 0.6 is 0 Å². The van der Waals surface area contributed by atoms with Gasteiger partial charge in [0.2, 0.25) is 0 Å². The highest BCUT2D eigenvalue weighted by Crippen LogP contribution is 2.17. The van der Waals surface area contributed by atoms with Crippen LogP contribution in [0.15, 0.2) is 24.3 Å². The lowest BCUT2D eigenvalue weighted by molar-refractivity contribution is 0.289. The van der Waals surface area contributed by atoms with Crippen molar-refractivity contribution in [1.29, 1.82) is 0 Å². The van der Waals surface area contributed by atoms with E-state index in [-0.39, 0.29) is 0 Å². The number of ether oxygens (including phenoxy) is 1. The monoisotopic (exact) mass is 261 g/mol. The fraction of sp³-hybridized carbons (Fsp3) is 0.647. The molecule has 0 radical (unpaired) electrons. The highest BCUT2D eigenvalue weighted by molar-refractivity contribution is 5.27. The molecule has 106 valence electrons. The van der Waals surface area contributed by atoms with Gasteiger partial charge in [0.15, 0.2) is 0 Å². The maximum Gasteiger partial charge on any atom is 0.119 e. The summed E-state index contributed by atoms with van der Waals surface area (Å²) in [4.78, 5) is 0. The third kappa shape index (κ3) is 5.23. The van der Waals surface area contributed by atoms with Crippen molar-refractivity contribution in [1.82, 2.24) is 5.32 Å². The Hall–Kier alpha value is -1.02. The molecule has 0 bridgehead atoms. The van der Waals surface area contributed by atoms with Gasteiger partial charge in [-0.1, -0.05) is 44.7 Å². The number of aryl methyl sites for hydroxylation is 1. The number of hydrogen-bond acceptors (Lipinski definition) is 2. The molecule has 1 aliphatic carbocycles. The molecule has 0 amide bonds. The molecule has 0 spiro atoms. The first kappa shape index (κ1) is 14.4. The van der Waals surface area contributed by atoms with E-state index >= 15 is 0 Å². The molecule has 0 unspecified atom stereocenters. The summed E-state index contributed by atoms with van der Waals surface area (Å²) in [6.07, 6.45) is 9.22. The molecule has 19 heavy (non-hydrogen) atoms. The van der Waals surface area contributed by atoms with E-state index in [1.165, 1.54) is 44.1 Å². The minimum atomic E-state index is 0.726. The number of nitrogens with one attached hydrogen (secondary N) is 1. The molecule has 0 aliphatic heterocycles.